The number of benzene rings is 1. The van der Waals surface area contributed by atoms with Crippen molar-refractivity contribution in [3.8, 4) is 11.3 Å². The molecule has 2 N–H and O–H groups in total. The molecule has 2 fully saturated rings. The maximum absolute atomic E-state index is 13.9. The first kappa shape index (κ1) is 25.8. The van der Waals surface area contributed by atoms with Crippen molar-refractivity contribution in [2.24, 2.45) is 0 Å². The second-order valence-electron chi connectivity index (χ2n) is 10.1. The van der Waals surface area contributed by atoms with Crippen LogP contribution in [0, 0.1) is 0 Å². The molecule has 0 bridgehead atoms. The summed E-state index contributed by atoms with van der Waals surface area (Å²) in [5.74, 6) is -2.34. The van der Waals surface area contributed by atoms with Gasteiger partial charge in [-0.05, 0) is 44.4 Å². The highest BCUT2D eigenvalue weighted by Gasteiger charge is 2.35. The van der Waals surface area contributed by atoms with E-state index in [2.05, 4.69) is 20.5 Å². The normalized spacial score (nSPS) is 19.2. The highest BCUT2D eigenvalue weighted by atomic mass is 35.5. The SMILES string of the molecule is O=C(N[C@@H](CCN1CCCC(F)(F)C1)Cc1ncn[nH]1)c1cc(-c2ccccc2Cl)n(C2CCCC2)n1. The first-order valence-electron chi connectivity index (χ1n) is 13.0. The van der Waals surface area contributed by atoms with Crippen molar-refractivity contribution < 1.29 is 13.6 Å². The zero-order valence-electron chi connectivity index (χ0n) is 20.7. The van der Waals surface area contributed by atoms with Crippen molar-refractivity contribution in [3.05, 3.63) is 53.2 Å². The molecular formula is C26H32ClF2N7O. The van der Waals surface area contributed by atoms with Gasteiger partial charge in [0.05, 0.1) is 18.3 Å². The minimum absolute atomic E-state index is 0.0703. The third-order valence-electron chi connectivity index (χ3n) is 7.29. The lowest BCUT2D eigenvalue weighted by molar-refractivity contribution is -0.0644. The van der Waals surface area contributed by atoms with Gasteiger partial charge in [-0.3, -0.25) is 19.5 Å². The first-order chi connectivity index (χ1) is 17.9. The molecule has 3 aromatic rings. The molecule has 11 heteroatoms. The molecule has 1 aliphatic carbocycles. The number of H-pyrrole nitrogens is 1. The Labute approximate surface area is 219 Å². The fourth-order valence-electron chi connectivity index (χ4n) is 5.43. The quantitative estimate of drug-likeness (QED) is 0.410. The molecule has 3 heterocycles. The molecule has 1 aliphatic heterocycles. The zero-order chi connectivity index (χ0) is 25.8. The topological polar surface area (TPSA) is 91.7 Å². The van der Waals surface area contributed by atoms with E-state index in [1.165, 1.54) is 6.33 Å². The molecular weight excluding hydrogens is 500 g/mol. The average Bonchev–Trinajstić information content (AvgIpc) is 3.64. The van der Waals surface area contributed by atoms with Gasteiger partial charge >= 0.3 is 0 Å². The molecule has 1 aromatic carbocycles. The molecule has 37 heavy (non-hydrogen) atoms. The Morgan fingerprint density at radius 3 is 2.78 bits per heavy atom. The highest BCUT2D eigenvalue weighted by molar-refractivity contribution is 6.33. The van der Waals surface area contributed by atoms with Crippen molar-refractivity contribution in [1.29, 1.82) is 0 Å². The number of nitrogens with zero attached hydrogens (tertiary/aromatic N) is 5. The van der Waals surface area contributed by atoms with Gasteiger partial charge in [0.15, 0.2) is 5.69 Å². The summed E-state index contributed by atoms with van der Waals surface area (Å²) >= 11 is 6.51. The Balaban J connectivity index is 1.35. The minimum Gasteiger partial charge on any atom is -0.347 e. The number of alkyl halides is 2. The van der Waals surface area contributed by atoms with Gasteiger partial charge in [-0.1, -0.05) is 42.6 Å². The summed E-state index contributed by atoms with van der Waals surface area (Å²) in [6.07, 6.45) is 7.00. The summed E-state index contributed by atoms with van der Waals surface area (Å²) in [5.41, 5.74) is 1.98. The van der Waals surface area contributed by atoms with Crippen LogP contribution in [0.4, 0.5) is 8.78 Å². The Bertz CT molecular complexity index is 1190. The summed E-state index contributed by atoms with van der Waals surface area (Å²) in [6, 6.07) is 9.27. The molecule has 0 spiro atoms. The Kier molecular flexibility index (Phi) is 7.85. The van der Waals surface area contributed by atoms with Crippen LogP contribution >= 0.6 is 11.6 Å². The van der Waals surface area contributed by atoms with Gasteiger partial charge in [0, 0.05) is 36.0 Å². The number of carbonyl (C=O) groups is 1. The number of halogens is 3. The summed E-state index contributed by atoms with van der Waals surface area (Å²) in [7, 11) is 0. The maximum Gasteiger partial charge on any atom is 0.272 e. The maximum atomic E-state index is 13.9. The molecule has 1 saturated carbocycles. The van der Waals surface area contributed by atoms with E-state index in [1.54, 1.807) is 11.0 Å². The Hall–Kier alpha value is -2.85. The van der Waals surface area contributed by atoms with Crippen LogP contribution in [0.5, 0.6) is 0 Å². The van der Waals surface area contributed by atoms with Gasteiger partial charge in [-0.15, -0.1) is 0 Å². The number of amides is 1. The van der Waals surface area contributed by atoms with E-state index in [-0.39, 0.29) is 31.0 Å². The third kappa shape index (κ3) is 6.35. The molecule has 0 radical (unpaired) electrons. The largest absolute Gasteiger partial charge is 0.347 e. The third-order valence-corrected chi connectivity index (χ3v) is 7.62. The van der Waals surface area contributed by atoms with E-state index in [9.17, 15) is 13.6 Å². The summed E-state index contributed by atoms with van der Waals surface area (Å²) in [6.45, 7) is 0.838. The van der Waals surface area contributed by atoms with E-state index in [0.717, 1.165) is 36.9 Å². The monoisotopic (exact) mass is 531 g/mol. The van der Waals surface area contributed by atoms with Gasteiger partial charge in [-0.2, -0.15) is 10.2 Å². The van der Waals surface area contributed by atoms with E-state index in [4.69, 9.17) is 16.7 Å². The Morgan fingerprint density at radius 2 is 2.05 bits per heavy atom. The molecule has 2 aliphatic rings. The molecule has 5 rings (SSSR count). The van der Waals surface area contributed by atoms with Crippen LogP contribution in [-0.2, 0) is 6.42 Å². The zero-order valence-corrected chi connectivity index (χ0v) is 21.4. The van der Waals surface area contributed by atoms with Crippen LogP contribution in [0.3, 0.4) is 0 Å². The van der Waals surface area contributed by atoms with E-state index in [1.807, 2.05) is 28.9 Å². The van der Waals surface area contributed by atoms with Crippen molar-refractivity contribution in [2.75, 3.05) is 19.6 Å². The van der Waals surface area contributed by atoms with Gasteiger partial charge in [0.25, 0.3) is 11.8 Å². The van der Waals surface area contributed by atoms with Gasteiger partial charge < -0.3 is 5.32 Å². The minimum atomic E-state index is -2.66. The average molecular weight is 532 g/mol. The van der Waals surface area contributed by atoms with E-state index in [0.29, 0.717) is 48.9 Å². The van der Waals surface area contributed by atoms with Crippen molar-refractivity contribution in [1.82, 2.24) is 35.2 Å². The summed E-state index contributed by atoms with van der Waals surface area (Å²) in [4.78, 5) is 19.4. The second-order valence-corrected chi connectivity index (χ2v) is 10.5. The van der Waals surface area contributed by atoms with Crippen LogP contribution in [0.15, 0.2) is 36.7 Å². The van der Waals surface area contributed by atoms with Gasteiger partial charge in [0.2, 0.25) is 0 Å². The molecule has 1 saturated heterocycles. The summed E-state index contributed by atoms with van der Waals surface area (Å²) < 4.78 is 29.7. The van der Waals surface area contributed by atoms with Crippen LogP contribution in [-0.4, -0.2) is 67.4 Å². The van der Waals surface area contributed by atoms with Crippen molar-refractivity contribution >= 4 is 17.5 Å². The number of aromatic nitrogens is 5. The van der Waals surface area contributed by atoms with Crippen molar-refractivity contribution in [3.63, 3.8) is 0 Å². The number of aromatic amines is 1. The lowest BCUT2D eigenvalue weighted by atomic mass is 10.0. The molecule has 1 atom stereocenters. The fraction of sp³-hybridized carbons (Fsp3) is 0.538. The number of likely N-dealkylation sites (tertiary alicyclic amines) is 1. The number of hydrogen-bond donors (Lipinski definition) is 2. The van der Waals surface area contributed by atoms with E-state index < -0.39 is 5.92 Å². The second kappa shape index (κ2) is 11.3. The van der Waals surface area contributed by atoms with Gasteiger partial charge in [0.1, 0.15) is 12.2 Å². The number of nitrogens with one attached hydrogen (secondary N) is 2. The lowest BCUT2D eigenvalue weighted by Crippen LogP contribution is -2.45. The lowest BCUT2D eigenvalue weighted by Gasteiger charge is -2.33. The van der Waals surface area contributed by atoms with Gasteiger partial charge in [-0.25, -0.2) is 13.8 Å². The molecule has 8 nitrogen and oxygen atoms in total. The molecule has 0 unspecified atom stereocenters. The van der Waals surface area contributed by atoms with E-state index >= 15 is 0 Å². The summed E-state index contributed by atoms with van der Waals surface area (Å²) in [5, 5.41) is 15.1. The van der Waals surface area contributed by atoms with Crippen LogP contribution in [0.25, 0.3) is 11.3 Å². The Morgan fingerprint density at radius 1 is 1.24 bits per heavy atom. The molecule has 198 valence electrons. The molecule has 2 aromatic heterocycles. The number of piperidine rings is 1. The number of hydrogen-bond acceptors (Lipinski definition) is 5. The standard InChI is InChI=1S/C26H32ClF2N7O/c27-21-9-4-3-8-20(21)23-15-22(34-36(23)19-6-1-2-7-19)25(37)32-18(14-24-30-17-31-33-24)10-13-35-12-5-11-26(28,29)16-35/h3-4,8-9,15,17-19H,1-2,5-7,10-14,16H2,(H,32,37)(H,30,31,33)/t18-/m0/s1. The van der Waals surface area contributed by atoms with Crippen LogP contribution in [0.2, 0.25) is 5.02 Å². The van der Waals surface area contributed by atoms with Crippen molar-refractivity contribution in [2.45, 2.75) is 69.4 Å². The van der Waals surface area contributed by atoms with Crippen LogP contribution in [0.1, 0.15) is 67.3 Å². The fourth-order valence-corrected chi connectivity index (χ4v) is 5.66. The number of carbonyl (C=O) groups excluding carboxylic acids is 1. The smallest absolute Gasteiger partial charge is 0.272 e. The first-order valence-corrected chi connectivity index (χ1v) is 13.4. The van der Waals surface area contributed by atoms with Crippen LogP contribution < -0.4 is 5.32 Å². The number of rotatable bonds is 9. The predicted molar refractivity (Wildman–Crippen MR) is 137 cm³/mol. The highest BCUT2D eigenvalue weighted by Crippen LogP contribution is 2.36. The predicted octanol–water partition coefficient (Wildman–Crippen LogP) is 4.90. The molecule has 1 amide bonds.